The predicted molar refractivity (Wildman–Crippen MR) is 59.3 cm³/mol. The van der Waals surface area contributed by atoms with Crippen LogP contribution in [0.2, 0.25) is 0 Å². The van der Waals surface area contributed by atoms with Crippen LogP contribution in [0.3, 0.4) is 0 Å². The molecular formula is C11H9NO2S. The second-order valence-corrected chi connectivity index (χ2v) is 4.85. The van der Waals surface area contributed by atoms with Gasteiger partial charge in [0, 0.05) is 22.0 Å². The molecule has 0 saturated heterocycles. The van der Waals surface area contributed by atoms with Crippen molar-refractivity contribution in [2.45, 2.75) is 16.6 Å². The fraction of sp³-hybridized carbons (Fsp3) is 0.182. The standard InChI is InChI=1S/C11H9NO2S/c13-11(14)9-5-6-1-2-8-7(3-4-12-8)10(6)15-9/h1-4,9,12H,5H2,(H,13,14). The van der Waals surface area contributed by atoms with Crippen LogP contribution in [-0.4, -0.2) is 21.3 Å². The van der Waals surface area contributed by atoms with Crippen molar-refractivity contribution in [1.82, 2.24) is 4.98 Å². The van der Waals surface area contributed by atoms with Gasteiger partial charge in [-0.3, -0.25) is 4.79 Å². The number of carbonyl (C=O) groups is 1. The Bertz CT molecular complexity index is 547. The minimum Gasteiger partial charge on any atom is -0.480 e. The summed E-state index contributed by atoms with van der Waals surface area (Å²) in [5.41, 5.74) is 2.23. The van der Waals surface area contributed by atoms with Crippen LogP contribution in [0.5, 0.6) is 0 Å². The summed E-state index contributed by atoms with van der Waals surface area (Å²) < 4.78 is 0. The Morgan fingerprint density at radius 3 is 3.13 bits per heavy atom. The number of hydrogen-bond donors (Lipinski definition) is 2. The van der Waals surface area contributed by atoms with Crippen molar-refractivity contribution in [1.29, 1.82) is 0 Å². The smallest absolute Gasteiger partial charge is 0.317 e. The summed E-state index contributed by atoms with van der Waals surface area (Å²) in [4.78, 5) is 15.2. The van der Waals surface area contributed by atoms with Crippen LogP contribution in [0.15, 0.2) is 29.3 Å². The zero-order valence-electron chi connectivity index (χ0n) is 7.86. The SMILES string of the molecule is O=C(O)C1Cc2ccc3[nH]ccc3c2S1. The van der Waals surface area contributed by atoms with E-state index in [0.717, 1.165) is 21.4 Å². The lowest BCUT2D eigenvalue weighted by atomic mass is 10.1. The van der Waals surface area contributed by atoms with Gasteiger partial charge >= 0.3 is 5.97 Å². The molecule has 2 heterocycles. The Labute approximate surface area is 90.5 Å². The molecule has 1 aliphatic rings. The Balaban J connectivity index is 2.15. The molecule has 15 heavy (non-hydrogen) atoms. The number of aliphatic carboxylic acids is 1. The molecule has 3 nitrogen and oxygen atoms in total. The minimum absolute atomic E-state index is 0.319. The molecule has 76 valence electrons. The number of thioether (sulfide) groups is 1. The number of aromatic amines is 1. The minimum atomic E-state index is -0.722. The van der Waals surface area contributed by atoms with E-state index in [-0.39, 0.29) is 5.25 Å². The van der Waals surface area contributed by atoms with Crippen molar-refractivity contribution in [2.24, 2.45) is 0 Å². The maximum Gasteiger partial charge on any atom is 0.317 e. The molecule has 1 aromatic heterocycles. The first-order valence-corrected chi connectivity index (χ1v) is 5.62. The van der Waals surface area contributed by atoms with Crippen molar-refractivity contribution in [3.05, 3.63) is 30.0 Å². The molecule has 0 spiro atoms. The highest BCUT2D eigenvalue weighted by atomic mass is 32.2. The highest BCUT2D eigenvalue weighted by Gasteiger charge is 2.29. The molecule has 2 N–H and O–H groups in total. The van der Waals surface area contributed by atoms with E-state index < -0.39 is 5.97 Å². The first-order chi connectivity index (χ1) is 7.25. The quantitative estimate of drug-likeness (QED) is 0.773. The molecule has 1 aromatic carbocycles. The number of nitrogens with one attached hydrogen (secondary N) is 1. The van der Waals surface area contributed by atoms with Gasteiger partial charge in [-0.25, -0.2) is 0 Å². The van der Waals surface area contributed by atoms with E-state index in [1.165, 1.54) is 11.8 Å². The van der Waals surface area contributed by atoms with E-state index in [1.807, 2.05) is 24.4 Å². The van der Waals surface area contributed by atoms with Crippen LogP contribution in [-0.2, 0) is 11.2 Å². The Morgan fingerprint density at radius 2 is 2.33 bits per heavy atom. The molecule has 3 rings (SSSR count). The van der Waals surface area contributed by atoms with Gasteiger partial charge in [0.25, 0.3) is 0 Å². The molecule has 1 unspecified atom stereocenters. The summed E-state index contributed by atoms with van der Waals surface area (Å²) in [6.45, 7) is 0. The van der Waals surface area contributed by atoms with Crippen molar-refractivity contribution < 1.29 is 9.90 Å². The average Bonchev–Trinajstić information content (AvgIpc) is 2.82. The van der Waals surface area contributed by atoms with Crippen LogP contribution in [0.25, 0.3) is 10.9 Å². The summed E-state index contributed by atoms with van der Waals surface area (Å²) in [5.74, 6) is -0.722. The second-order valence-electron chi connectivity index (χ2n) is 3.64. The number of benzene rings is 1. The lowest BCUT2D eigenvalue weighted by Crippen LogP contribution is -2.14. The number of hydrogen-bond acceptors (Lipinski definition) is 2. The highest BCUT2D eigenvalue weighted by Crippen LogP contribution is 2.41. The molecule has 0 aliphatic carbocycles. The summed E-state index contributed by atoms with van der Waals surface area (Å²) in [6.07, 6.45) is 2.52. The zero-order chi connectivity index (χ0) is 10.4. The fourth-order valence-electron chi connectivity index (χ4n) is 1.97. The zero-order valence-corrected chi connectivity index (χ0v) is 8.67. The van der Waals surface area contributed by atoms with Crippen LogP contribution in [0.1, 0.15) is 5.56 Å². The van der Waals surface area contributed by atoms with Gasteiger partial charge < -0.3 is 10.1 Å². The third-order valence-corrected chi connectivity index (χ3v) is 4.08. The van der Waals surface area contributed by atoms with Crippen molar-refractivity contribution in [3.8, 4) is 0 Å². The summed E-state index contributed by atoms with van der Waals surface area (Å²) >= 11 is 1.46. The Hall–Kier alpha value is -1.42. The lowest BCUT2D eigenvalue weighted by molar-refractivity contribution is -0.136. The molecule has 0 saturated carbocycles. The summed E-state index contributed by atoms with van der Waals surface area (Å²) in [6, 6.07) is 6.04. The molecule has 1 atom stereocenters. The number of carboxylic acids is 1. The summed E-state index contributed by atoms with van der Waals surface area (Å²) in [7, 11) is 0. The number of H-pyrrole nitrogens is 1. The van der Waals surface area contributed by atoms with Crippen LogP contribution in [0.4, 0.5) is 0 Å². The monoisotopic (exact) mass is 219 g/mol. The van der Waals surface area contributed by atoms with Crippen molar-refractivity contribution >= 4 is 28.6 Å². The molecule has 0 radical (unpaired) electrons. The van der Waals surface area contributed by atoms with Gasteiger partial charge in [0.05, 0.1) is 0 Å². The molecule has 1 aliphatic heterocycles. The van der Waals surface area contributed by atoms with Crippen LogP contribution in [0, 0.1) is 0 Å². The fourth-order valence-corrected chi connectivity index (χ4v) is 3.23. The molecular weight excluding hydrogens is 210 g/mol. The normalized spacial score (nSPS) is 19.3. The third kappa shape index (κ3) is 1.25. The van der Waals surface area contributed by atoms with Crippen molar-refractivity contribution in [2.75, 3.05) is 0 Å². The van der Waals surface area contributed by atoms with Gasteiger partial charge in [0.15, 0.2) is 0 Å². The predicted octanol–water partition coefficient (Wildman–Crippen LogP) is 2.27. The maximum absolute atomic E-state index is 10.9. The van der Waals surface area contributed by atoms with E-state index in [0.29, 0.717) is 6.42 Å². The summed E-state index contributed by atoms with van der Waals surface area (Å²) in [5, 5.41) is 9.80. The maximum atomic E-state index is 10.9. The van der Waals surface area contributed by atoms with Crippen LogP contribution >= 0.6 is 11.8 Å². The first-order valence-electron chi connectivity index (χ1n) is 4.74. The van der Waals surface area contributed by atoms with E-state index >= 15 is 0 Å². The van der Waals surface area contributed by atoms with Gasteiger partial charge in [0.1, 0.15) is 5.25 Å². The number of rotatable bonds is 1. The van der Waals surface area contributed by atoms with Gasteiger partial charge in [0.2, 0.25) is 0 Å². The topological polar surface area (TPSA) is 53.1 Å². The van der Waals surface area contributed by atoms with Gasteiger partial charge in [-0.05, 0) is 24.1 Å². The number of aromatic nitrogens is 1. The van der Waals surface area contributed by atoms with E-state index in [1.54, 1.807) is 0 Å². The first kappa shape index (κ1) is 8.85. The Kier molecular flexibility index (Phi) is 1.79. The van der Waals surface area contributed by atoms with E-state index in [9.17, 15) is 4.79 Å². The van der Waals surface area contributed by atoms with Crippen molar-refractivity contribution in [3.63, 3.8) is 0 Å². The van der Waals surface area contributed by atoms with Gasteiger partial charge in [-0.2, -0.15) is 0 Å². The molecule has 0 fully saturated rings. The molecule has 2 aromatic rings. The molecule has 0 bridgehead atoms. The van der Waals surface area contributed by atoms with Gasteiger partial charge in [-0.15, -0.1) is 11.8 Å². The number of carboxylic acid groups (broad SMARTS) is 1. The highest BCUT2D eigenvalue weighted by molar-refractivity contribution is 8.01. The third-order valence-electron chi connectivity index (χ3n) is 2.71. The van der Waals surface area contributed by atoms with E-state index in [4.69, 9.17) is 5.11 Å². The molecule has 4 heteroatoms. The second kappa shape index (κ2) is 3.03. The molecule has 0 amide bonds. The Morgan fingerprint density at radius 1 is 1.47 bits per heavy atom. The lowest BCUT2D eigenvalue weighted by Gasteiger charge is -1.99. The van der Waals surface area contributed by atoms with E-state index in [2.05, 4.69) is 4.98 Å². The average molecular weight is 219 g/mol. The number of fused-ring (bicyclic) bond motifs is 3. The largest absolute Gasteiger partial charge is 0.480 e. The van der Waals surface area contributed by atoms with Gasteiger partial charge in [-0.1, -0.05) is 6.07 Å². The van der Waals surface area contributed by atoms with Crippen LogP contribution < -0.4 is 0 Å².